The van der Waals surface area contributed by atoms with Crippen molar-refractivity contribution in [3.63, 3.8) is 0 Å². The number of thiazole rings is 2. The number of rotatable bonds is 6. The molecule has 0 aliphatic carbocycles. The number of carbonyl (C=O) groups excluding carboxylic acids is 1. The van der Waals surface area contributed by atoms with E-state index in [0.717, 1.165) is 34.0 Å². The van der Waals surface area contributed by atoms with Gasteiger partial charge in [-0.1, -0.05) is 12.1 Å². The first kappa shape index (κ1) is 15.3. The molecule has 1 aromatic carbocycles. The second kappa shape index (κ2) is 6.70. The van der Waals surface area contributed by atoms with Gasteiger partial charge in [0.1, 0.15) is 0 Å². The molecule has 0 bridgehead atoms. The number of hydrogen-bond acceptors (Lipinski definition) is 5. The zero-order valence-electron chi connectivity index (χ0n) is 12.9. The predicted octanol–water partition coefficient (Wildman–Crippen LogP) is 3.64. The van der Waals surface area contributed by atoms with Crippen molar-refractivity contribution in [1.82, 2.24) is 19.7 Å². The van der Waals surface area contributed by atoms with Crippen molar-refractivity contribution in [2.24, 2.45) is 0 Å². The first-order chi connectivity index (χ1) is 11.8. The summed E-state index contributed by atoms with van der Waals surface area (Å²) >= 11 is 3.30. The molecule has 0 aliphatic heterocycles. The summed E-state index contributed by atoms with van der Waals surface area (Å²) in [6.07, 6.45) is 6.08. The van der Waals surface area contributed by atoms with Crippen LogP contribution in [-0.2, 0) is 17.8 Å². The van der Waals surface area contributed by atoms with Gasteiger partial charge < -0.3 is 5.32 Å². The standard InChI is InChI=1S/C17H16N4OS2/c22-15(18-10-12-11-21-8-9-23-17(21)19-12)6-3-7-16-20-13-4-1-2-5-14(13)24-16/h1-2,4-5,8-9,11H,3,6-7,10H2,(H,18,22). The van der Waals surface area contributed by atoms with Gasteiger partial charge in [0, 0.05) is 24.2 Å². The van der Waals surface area contributed by atoms with E-state index in [1.807, 2.05) is 40.4 Å². The number of para-hydroxylation sites is 1. The van der Waals surface area contributed by atoms with E-state index in [9.17, 15) is 4.79 Å². The lowest BCUT2D eigenvalue weighted by Crippen LogP contribution is -2.22. The van der Waals surface area contributed by atoms with E-state index in [4.69, 9.17) is 0 Å². The minimum Gasteiger partial charge on any atom is -0.350 e. The minimum absolute atomic E-state index is 0.0625. The molecule has 4 aromatic rings. The van der Waals surface area contributed by atoms with E-state index in [-0.39, 0.29) is 5.91 Å². The predicted molar refractivity (Wildman–Crippen MR) is 97.5 cm³/mol. The van der Waals surface area contributed by atoms with Crippen molar-refractivity contribution in [1.29, 1.82) is 0 Å². The minimum atomic E-state index is 0.0625. The van der Waals surface area contributed by atoms with Crippen LogP contribution >= 0.6 is 22.7 Å². The molecule has 1 amide bonds. The maximum Gasteiger partial charge on any atom is 0.220 e. The van der Waals surface area contributed by atoms with Gasteiger partial charge in [-0.3, -0.25) is 9.20 Å². The molecule has 0 saturated carbocycles. The Kier molecular flexibility index (Phi) is 4.27. The lowest BCUT2D eigenvalue weighted by atomic mass is 10.2. The van der Waals surface area contributed by atoms with Crippen LogP contribution in [0.2, 0.25) is 0 Å². The third-order valence-electron chi connectivity index (χ3n) is 3.74. The average Bonchev–Trinajstić information content (AvgIpc) is 3.26. The Bertz CT molecular complexity index is 923. The molecule has 7 heteroatoms. The van der Waals surface area contributed by atoms with Gasteiger partial charge in [-0.05, 0) is 25.0 Å². The number of aryl methyl sites for hydroxylation is 1. The normalized spacial score (nSPS) is 11.3. The van der Waals surface area contributed by atoms with E-state index in [1.54, 1.807) is 22.7 Å². The van der Waals surface area contributed by atoms with E-state index in [1.165, 1.54) is 4.70 Å². The number of fused-ring (bicyclic) bond motifs is 2. The molecule has 0 saturated heterocycles. The Hall–Kier alpha value is -2.25. The molecule has 24 heavy (non-hydrogen) atoms. The van der Waals surface area contributed by atoms with Crippen LogP contribution in [0, 0.1) is 0 Å². The quantitative estimate of drug-likeness (QED) is 0.574. The van der Waals surface area contributed by atoms with Crippen LogP contribution in [0.25, 0.3) is 15.2 Å². The molecule has 5 nitrogen and oxygen atoms in total. The molecule has 0 spiro atoms. The summed E-state index contributed by atoms with van der Waals surface area (Å²) in [4.78, 5) is 22.0. The van der Waals surface area contributed by atoms with Crippen LogP contribution in [0.3, 0.4) is 0 Å². The van der Waals surface area contributed by atoms with Gasteiger partial charge in [0.05, 0.1) is 27.5 Å². The van der Waals surface area contributed by atoms with Crippen LogP contribution in [0.4, 0.5) is 0 Å². The monoisotopic (exact) mass is 356 g/mol. The molecule has 0 aliphatic rings. The van der Waals surface area contributed by atoms with E-state index in [0.29, 0.717) is 13.0 Å². The number of amides is 1. The number of hydrogen-bond donors (Lipinski definition) is 1. The van der Waals surface area contributed by atoms with Gasteiger partial charge in [-0.25, -0.2) is 9.97 Å². The highest BCUT2D eigenvalue weighted by Crippen LogP contribution is 2.22. The zero-order chi connectivity index (χ0) is 16.4. The van der Waals surface area contributed by atoms with Crippen LogP contribution < -0.4 is 5.32 Å². The molecule has 3 heterocycles. The first-order valence-electron chi connectivity index (χ1n) is 7.80. The second-order valence-electron chi connectivity index (χ2n) is 5.53. The first-order valence-corrected chi connectivity index (χ1v) is 9.50. The number of carbonyl (C=O) groups is 1. The second-order valence-corrected chi connectivity index (χ2v) is 7.52. The maximum absolute atomic E-state index is 12.0. The van der Waals surface area contributed by atoms with Crippen molar-refractivity contribution in [3.05, 3.63) is 52.7 Å². The number of benzene rings is 1. The third kappa shape index (κ3) is 3.32. The number of nitrogens with one attached hydrogen (secondary N) is 1. The molecule has 0 fully saturated rings. The van der Waals surface area contributed by atoms with Gasteiger partial charge in [0.15, 0.2) is 4.96 Å². The fourth-order valence-corrected chi connectivity index (χ4v) is 4.29. The molecular formula is C17H16N4OS2. The molecule has 0 radical (unpaired) electrons. The Balaban J connectivity index is 1.25. The Labute approximate surface area is 147 Å². The summed E-state index contributed by atoms with van der Waals surface area (Å²) in [6.45, 7) is 0.481. The van der Waals surface area contributed by atoms with Gasteiger partial charge >= 0.3 is 0 Å². The van der Waals surface area contributed by atoms with Crippen molar-refractivity contribution in [2.75, 3.05) is 0 Å². The number of aromatic nitrogens is 3. The van der Waals surface area contributed by atoms with Crippen LogP contribution in [0.1, 0.15) is 23.5 Å². The van der Waals surface area contributed by atoms with Crippen molar-refractivity contribution in [3.8, 4) is 0 Å². The lowest BCUT2D eigenvalue weighted by molar-refractivity contribution is -0.121. The topological polar surface area (TPSA) is 59.3 Å². The van der Waals surface area contributed by atoms with Crippen molar-refractivity contribution >= 4 is 43.8 Å². The van der Waals surface area contributed by atoms with Gasteiger partial charge in [-0.2, -0.15) is 0 Å². The average molecular weight is 356 g/mol. The smallest absolute Gasteiger partial charge is 0.220 e. The highest BCUT2D eigenvalue weighted by atomic mass is 32.1. The van der Waals surface area contributed by atoms with Gasteiger partial charge in [-0.15, -0.1) is 22.7 Å². The van der Waals surface area contributed by atoms with Gasteiger partial charge in [0.2, 0.25) is 5.91 Å². The lowest BCUT2D eigenvalue weighted by Gasteiger charge is -2.02. The van der Waals surface area contributed by atoms with Crippen LogP contribution in [0.15, 0.2) is 42.0 Å². The fourth-order valence-electron chi connectivity index (χ4n) is 2.57. The van der Waals surface area contributed by atoms with Crippen molar-refractivity contribution in [2.45, 2.75) is 25.8 Å². The molecule has 4 rings (SSSR count). The molecule has 1 N–H and O–H groups in total. The molecular weight excluding hydrogens is 340 g/mol. The van der Waals surface area contributed by atoms with Gasteiger partial charge in [0.25, 0.3) is 0 Å². The molecule has 3 aromatic heterocycles. The Morgan fingerprint density at radius 3 is 3.04 bits per heavy atom. The molecule has 122 valence electrons. The Morgan fingerprint density at radius 2 is 2.17 bits per heavy atom. The largest absolute Gasteiger partial charge is 0.350 e. The summed E-state index contributed by atoms with van der Waals surface area (Å²) in [6, 6.07) is 8.13. The SMILES string of the molecule is O=C(CCCc1nc2ccccc2s1)NCc1cn2ccsc2n1. The zero-order valence-corrected chi connectivity index (χ0v) is 14.6. The summed E-state index contributed by atoms with van der Waals surface area (Å²) in [5, 5.41) is 6.02. The third-order valence-corrected chi connectivity index (χ3v) is 5.61. The van der Waals surface area contributed by atoms with Crippen molar-refractivity contribution < 1.29 is 4.79 Å². The fraction of sp³-hybridized carbons (Fsp3) is 0.235. The van der Waals surface area contributed by atoms with Crippen LogP contribution in [-0.4, -0.2) is 20.3 Å². The number of nitrogens with zero attached hydrogens (tertiary/aromatic N) is 3. The summed E-state index contributed by atoms with van der Waals surface area (Å²) in [5.41, 5.74) is 1.93. The molecule has 0 atom stereocenters. The van der Waals surface area contributed by atoms with Crippen LogP contribution in [0.5, 0.6) is 0 Å². The van der Waals surface area contributed by atoms with E-state index >= 15 is 0 Å². The highest BCUT2D eigenvalue weighted by Gasteiger charge is 2.07. The van der Waals surface area contributed by atoms with E-state index in [2.05, 4.69) is 21.4 Å². The molecule has 0 unspecified atom stereocenters. The highest BCUT2D eigenvalue weighted by molar-refractivity contribution is 7.18. The maximum atomic E-state index is 12.0. The summed E-state index contributed by atoms with van der Waals surface area (Å²) in [7, 11) is 0. The van der Waals surface area contributed by atoms with E-state index < -0.39 is 0 Å². The summed E-state index contributed by atoms with van der Waals surface area (Å²) in [5.74, 6) is 0.0625. The summed E-state index contributed by atoms with van der Waals surface area (Å²) < 4.78 is 3.18. The Morgan fingerprint density at radius 1 is 1.25 bits per heavy atom. The number of imidazole rings is 1.